The maximum atomic E-state index is 12.0. The second-order valence-electron chi connectivity index (χ2n) is 5.62. The van der Waals surface area contributed by atoms with Crippen LogP contribution in [-0.2, 0) is 14.9 Å². The number of benzene rings is 1. The van der Waals surface area contributed by atoms with Crippen molar-refractivity contribution in [2.45, 2.75) is 38.5 Å². The molecular formula is C16H24ClNO2. The number of nitrogens with one attached hydrogen (secondary N) is 1. The number of carbonyl (C=O) groups is 1. The maximum absolute atomic E-state index is 12.0. The highest BCUT2D eigenvalue weighted by molar-refractivity contribution is 6.30. The number of hydrogen-bond acceptors (Lipinski definition) is 2. The lowest BCUT2D eigenvalue weighted by Gasteiger charge is -2.24. The Bertz CT molecular complexity index is 415. The van der Waals surface area contributed by atoms with E-state index in [2.05, 4.69) is 19.2 Å². The second kappa shape index (κ2) is 8.28. The molecule has 4 heteroatoms. The minimum atomic E-state index is -0.193. The largest absolute Gasteiger partial charge is 0.385 e. The number of unbranched alkanes of at least 4 members (excludes halogenated alkanes) is 1. The van der Waals surface area contributed by atoms with Crippen LogP contribution in [0.15, 0.2) is 24.3 Å². The Morgan fingerprint density at radius 3 is 2.50 bits per heavy atom. The van der Waals surface area contributed by atoms with Gasteiger partial charge in [-0.2, -0.15) is 0 Å². The predicted octanol–water partition coefficient (Wildman–Crippen LogP) is 3.55. The fourth-order valence-corrected chi connectivity index (χ4v) is 2.19. The van der Waals surface area contributed by atoms with Crippen LogP contribution in [0.3, 0.4) is 0 Å². The molecule has 0 atom stereocenters. The van der Waals surface area contributed by atoms with Gasteiger partial charge >= 0.3 is 0 Å². The van der Waals surface area contributed by atoms with E-state index in [1.807, 2.05) is 24.3 Å². The van der Waals surface area contributed by atoms with Crippen LogP contribution in [0.1, 0.15) is 38.7 Å². The Kier molecular flexibility index (Phi) is 7.03. The van der Waals surface area contributed by atoms with Gasteiger partial charge in [0.1, 0.15) is 0 Å². The van der Waals surface area contributed by atoms with Crippen LogP contribution in [0.25, 0.3) is 0 Å². The molecule has 0 bridgehead atoms. The van der Waals surface area contributed by atoms with Gasteiger partial charge in [0.25, 0.3) is 0 Å². The topological polar surface area (TPSA) is 38.3 Å². The maximum Gasteiger partial charge on any atom is 0.220 e. The summed E-state index contributed by atoms with van der Waals surface area (Å²) in [6.45, 7) is 5.59. The lowest BCUT2D eigenvalue weighted by molar-refractivity contribution is -0.122. The number of amides is 1. The third-order valence-corrected chi connectivity index (χ3v) is 3.58. The zero-order valence-corrected chi connectivity index (χ0v) is 13.3. The van der Waals surface area contributed by atoms with E-state index in [-0.39, 0.29) is 11.3 Å². The fourth-order valence-electron chi connectivity index (χ4n) is 2.07. The summed E-state index contributed by atoms with van der Waals surface area (Å²) in [5.41, 5.74) is 0.928. The van der Waals surface area contributed by atoms with Crippen LogP contribution >= 0.6 is 11.6 Å². The van der Waals surface area contributed by atoms with E-state index in [1.54, 1.807) is 7.11 Å². The first-order chi connectivity index (χ1) is 9.45. The van der Waals surface area contributed by atoms with Crippen LogP contribution in [0.2, 0.25) is 5.02 Å². The van der Waals surface area contributed by atoms with Crippen molar-refractivity contribution in [3.63, 3.8) is 0 Å². The second-order valence-corrected chi connectivity index (χ2v) is 6.05. The molecule has 0 radical (unpaired) electrons. The summed E-state index contributed by atoms with van der Waals surface area (Å²) < 4.78 is 4.97. The number of rotatable bonds is 8. The quantitative estimate of drug-likeness (QED) is 0.745. The zero-order valence-electron chi connectivity index (χ0n) is 12.5. The molecular weight excluding hydrogens is 274 g/mol. The number of methoxy groups -OCH3 is 1. The summed E-state index contributed by atoms with van der Waals surface area (Å²) in [6, 6.07) is 7.69. The lowest BCUT2D eigenvalue weighted by Crippen LogP contribution is -2.31. The van der Waals surface area contributed by atoms with Gasteiger partial charge in [-0.1, -0.05) is 37.6 Å². The Morgan fingerprint density at radius 1 is 1.25 bits per heavy atom. The molecule has 0 fully saturated rings. The van der Waals surface area contributed by atoms with Gasteiger partial charge in [-0.05, 0) is 36.0 Å². The van der Waals surface area contributed by atoms with Crippen molar-refractivity contribution < 1.29 is 9.53 Å². The van der Waals surface area contributed by atoms with Gasteiger partial charge in [-0.15, -0.1) is 0 Å². The molecule has 0 saturated carbocycles. The first kappa shape index (κ1) is 17.0. The standard InChI is InChI=1S/C16H24ClNO2/c1-16(2,13-6-8-14(17)9-7-13)12-15(19)18-10-4-5-11-20-3/h6-9H,4-5,10-12H2,1-3H3,(H,18,19). The molecule has 112 valence electrons. The molecule has 0 aromatic heterocycles. The van der Waals surface area contributed by atoms with Gasteiger partial charge in [-0.25, -0.2) is 0 Å². The van der Waals surface area contributed by atoms with Crippen LogP contribution in [-0.4, -0.2) is 26.2 Å². The summed E-state index contributed by atoms with van der Waals surface area (Å²) in [6.07, 6.45) is 2.39. The SMILES string of the molecule is COCCCCNC(=O)CC(C)(C)c1ccc(Cl)cc1. The first-order valence-corrected chi connectivity index (χ1v) is 7.35. The highest BCUT2D eigenvalue weighted by Gasteiger charge is 2.23. The minimum absolute atomic E-state index is 0.0855. The first-order valence-electron chi connectivity index (χ1n) is 6.97. The minimum Gasteiger partial charge on any atom is -0.385 e. The van der Waals surface area contributed by atoms with Crippen molar-refractivity contribution in [2.24, 2.45) is 0 Å². The lowest BCUT2D eigenvalue weighted by atomic mass is 9.81. The van der Waals surface area contributed by atoms with Crippen LogP contribution in [0.5, 0.6) is 0 Å². The van der Waals surface area contributed by atoms with Crippen molar-refractivity contribution in [3.8, 4) is 0 Å². The summed E-state index contributed by atoms with van der Waals surface area (Å²) >= 11 is 5.89. The van der Waals surface area contributed by atoms with Gasteiger partial charge in [0.05, 0.1) is 0 Å². The van der Waals surface area contributed by atoms with Gasteiger partial charge in [0, 0.05) is 31.7 Å². The molecule has 0 spiro atoms. The van der Waals surface area contributed by atoms with E-state index in [0.717, 1.165) is 25.0 Å². The highest BCUT2D eigenvalue weighted by atomic mass is 35.5. The molecule has 0 aliphatic heterocycles. The van der Waals surface area contributed by atoms with E-state index in [9.17, 15) is 4.79 Å². The molecule has 1 aromatic rings. The van der Waals surface area contributed by atoms with Crippen molar-refractivity contribution in [2.75, 3.05) is 20.3 Å². The molecule has 1 N–H and O–H groups in total. The Morgan fingerprint density at radius 2 is 1.90 bits per heavy atom. The molecule has 20 heavy (non-hydrogen) atoms. The van der Waals surface area contributed by atoms with Gasteiger partial charge in [0.15, 0.2) is 0 Å². The van der Waals surface area contributed by atoms with Gasteiger partial charge in [0.2, 0.25) is 5.91 Å². The molecule has 0 aliphatic rings. The van der Waals surface area contributed by atoms with E-state index in [1.165, 1.54) is 0 Å². The van der Waals surface area contributed by atoms with Crippen molar-refractivity contribution in [3.05, 3.63) is 34.9 Å². The van der Waals surface area contributed by atoms with Crippen molar-refractivity contribution in [1.29, 1.82) is 0 Å². The number of halogens is 1. The molecule has 1 amide bonds. The van der Waals surface area contributed by atoms with Gasteiger partial charge < -0.3 is 10.1 Å². The Labute approximate surface area is 126 Å². The third-order valence-electron chi connectivity index (χ3n) is 3.33. The summed E-state index contributed by atoms with van der Waals surface area (Å²) in [7, 11) is 1.69. The molecule has 1 rings (SSSR count). The number of ether oxygens (including phenoxy) is 1. The molecule has 0 saturated heterocycles. The number of carbonyl (C=O) groups excluding carboxylic acids is 1. The Balaban J connectivity index is 2.41. The molecule has 0 heterocycles. The van der Waals surface area contributed by atoms with Crippen LogP contribution < -0.4 is 5.32 Å². The van der Waals surface area contributed by atoms with E-state index in [4.69, 9.17) is 16.3 Å². The average Bonchev–Trinajstić information content (AvgIpc) is 2.38. The molecule has 3 nitrogen and oxygen atoms in total. The monoisotopic (exact) mass is 297 g/mol. The summed E-state index contributed by atoms with van der Waals surface area (Å²) in [5.74, 6) is 0.0855. The van der Waals surface area contributed by atoms with E-state index < -0.39 is 0 Å². The highest BCUT2D eigenvalue weighted by Crippen LogP contribution is 2.27. The summed E-state index contributed by atoms with van der Waals surface area (Å²) in [5, 5.41) is 3.67. The smallest absolute Gasteiger partial charge is 0.220 e. The van der Waals surface area contributed by atoms with E-state index in [0.29, 0.717) is 18.0 Å². The Hall–Kier alpha value is -1.06. The molecule has 0 unspecified atom stereocenters. The third kappa shape index (κ3) is 5.93. The predicted molar refractivity (Wildman–Crippen MR) is 83.2 cm³/mol. The normalized spacial score (nSPS) is 11.4. The number of hydrogen-bond donors (Lipinski definition) is 1. The molecule has 1 aromatic carbocycles. The van der Waals surface area contributed by atoms with Crippen LogP contribution in [0, 0.1) is 0 Å². The molecule has 0 aliphatic carbocycles. The summed E-state index contributed by atoms with van der Waals surface area (Å²) in [4.78, 5) is 12.0. The van der Waals surface area contributed by atoms with Crippen molar-refractivity contribution in [1.82, 2.24) is 5.32 Å². The van der Waals surface area contributed by atoms with Crippen molar-refractivity contribution >= 4 is 17.5 Å². The zero-order chi connectivity index (χ0) is 15.0. The fraction of sp³-hybridized carbons (Fsp3) is 0.562. The average molecular weight is 298 g/mol. The van der Waals surface area contributed by atoms with Crippen LogP contribution in [0.4, 0.5) is 0 Å². The van der Waals surface area contributed by atoms with E-state index >= 15 is 0 Å². The van der Waals surface area contributed by atoms with Gasteiger partial charge in [-0.3, -0.25) is 4.79 Å².